The van der Waals surface area contributed by atoms with Gasteiger partial charge in [-0.3, -0.25) is 0 Å². The first-order valence-electron chi connectivity index (χ1n) is 3.80. The Labute approximate surface area is 93.1 Å². The van der Waals surface area contributed by atoms with Crippen molar-refractivity contribution in [1.82, 2.24) is 5.32 Å². The Hall–Kier alpha value is -0.703. The van der Waals surface area contributed by atoms with E-state index in [4.69, 9.17) is 9.84 Å². The number of amides is 1. The van der Waals surface area contributed by atoms with Crippen LogP contribution in [-0.2, 0) is 14.3 Å². The molecule has 1 rings (SSSR count). The van der Waals surface area contributed by atoms with E-state index in [0.29, 0.717) is 13.2 Å². The second kappa shape index (κ2) is 5.91. The van der Waals surface area contributed by atoms with Crippen molar-refractivity contribution in [3.8, 4) is 0 Å². The van der Waals surface area contributed by atoms with Gasteiger partial charge in [-0.15, -0.1) is 0 Å². The maximum atomic E-state index is 10.7. The number of alkyl carbamates (subject to hydrolysis) is 1. The minimum atomic E-state index is -1.07. The van der Waals surface area contributed by atoms with Crippen LogP contribution in [0.2, 0.25) is 0 Å². The summed E-state index contributed by atoms with van der Waals surface area (Å²) in [7, 11) is 1.19. The van der Waals surface area contributed by atoms with Crippen LogP contribution >= 0.6 is 0 Å². The normalized spacial score (nSPS) is 17.2. The average molecular weight is 197 g/mol. The third-order valence-electron chi connectivity index (χ3n) is 1.86. The van der Waals surface area contributed by atoms with Crippen LogP contribution in [-0.4, -0.2) is 62.4 Å². The zero-order chi connectivity index (χ0) is 9.84. The first-order valence-corrected chi connectivity index (χ1v) is 3.80. The van der Waals surface area contributed by atoms with E-state index in [9.17, 15) is 9.59 Å². The third kappa shape index (κ3) is 3.22. The van der Waals surface area contributed by atoms with Crippen LogP contribution in [0.3, 0.4) is 0 Å². The van der Waals surface area contributed by atoms with Crippen LogP contribution in [0.1, 0.15) is 0 Å². The van der Waals surface area contributed by atoms with E-state index in [1.807, 2.05) is 0 Å². The van der Waals surface area contributed by atoms with Gasteiger partial charge in [-0.1, -0.05) is 0 Å². The van der Waals surface area contributed by atoms with Crippen molar-refractivity contribution < 1.29 is 24.2 Å². The molecule has 6 nitrogen and oxygen atoms in total. The molecule has 2 N–H and O–H groups in total. The summed E-state index contributed by atoms with van der Waals surface area (Å²) in [5.41, 5.74) is 0. The Bertz CT molecular complexity index is 218. The van der Waals surface area contributed by atoms with Gasteiger partial charge in [-0.25, -0.2) is 9.59 Å². The molecule has 0 radical (unpaired) electrons. The summed E-state index contributed by atoms with van der Waals surface area (Å²) in [5, 5.41) is 11.0. The van der Waals surface area contributed by atoms with Crippen LogP contribution < -0.4 is 5.32 Å². The second-order valence-corrected chi connectivity index (χ2v) is 2.75. The Morgan fingerprint density at radius 2 is 2.14 bits per heavy atom. The zero-order valence-corrected chi connectivity index (χ0v) is 7.15. The summed E-state index contributed by atoms with van der Waals surface area (Å²) < 4.78 is 9.12. The molecular weight excluding hydrogens is 185 g/mol. The fourth-order valence-electron chi connectivity index (χ4n) is 1.01. The predicted molar refractivity (Wildman–Crippen MR) is 48.4 cm³/mol. The Kier molecular flexibility index (Phi) is 5.61. The summed E-state index contributed by atoms with van der Waals surface area (Å²) in [4.78, 5) is 21.4. The molecule has 1 amide bonds. The SMILES string of the molecule is COC(=O)NC(C(=O)O)C1COC1.[LiH]. The van der Waals surface area contributed by atoms with Gasteiger partial charge in [0.25, 0.3) is 0 Å². The van der Waals surface area contributed by atoms with Crippen molar-refractivity contribution in [1.29, 1.82) is 0 Å². The number of carboxylic acid groups (broad SMARTS) is 1. The monoisotopic (exact) mass is 197 g/mol. The van der Waals surface area contributed by atoms with Crippen molar-refractivity contribution >= 4 is 30.9 Å². The molecule has 1 aliphatic rings. The molecule has 1 saturated heterocycles. The maximum absolute atomic E-state index is 10.7. The molecule has 1 unspecified atom stereocenters. The number of hydrogen-bond donors (Lipinski definition) is 2. The number of ether oxygens (including phenoxy) is 2. The zero-order valence-electron chi connectivity index (χ0n) is 7.15. The van der Waals surface area contributed by atoms with Crippen LogP contribution in [0.4, 0.5) is 4.79 Å². The molecular formula is C7H12LiNO5. The van der Waals surface area contributed by atoms with Crippen molar-refractivity contribution in [3.05, 3.63) is 0 Å². The molecule has 7 heteroatoms. The van der Waals surface area contributed by atoms with E-state index in [1.165, 1.54) is 7.11 Å². The second-order valence-electron chi connectivity index (χ2n) is 2.75. The molecule has 1 aliphatic heterocycles. The quantitative estimate of drug-likeness (QED) is 0.555. The number of nitrogens with one attached hydrogen (secondary N) is 1. The summed E-state index contributed by atoms with van der Waals surface area (Å²) in [6.45, 7) is 0.724. The molecule has 0 saturated carbocycles. The molecule has 0 aromatic heterocycles. The minimum absolute atomic E-state index is 0. The van der Waals surface area contributed by atoms with E-state index >= 15 is 0 Å². The van der Waals surface area contributed by atoms with Gasteiger partial charge in [0.1, 0.15) is 6.04 Å². The number of rotatable bonds is 3. The summed E-state index contributed by atoms with van der Waals surface area (Å²) in [5.74, 6) is -1.23. The number of carboxylic acids is 1. The predicted octanol–water partition coefficient (Wildman–Crippen LogP) is -1.21. The standard InChI is InChI=1S/C7H11NO5.Li.H/c1-12-7(11)8-5(6(9)10)4-2-13-3-4;;/h4-5H,2-3H2,1H3,(H,8,11)(H,9,10);;. The summed E-state index contributed by atoms with van der Waals surface area (Å²) >= 11 is 0. The first-order chi connectivity index (χ1) is 6.15. The van der Waals surface area contributed by atoms with E-state index in [0.717, 1.165) is 0 Å². The number of aliphatic carboxylic acids is 1. The van der Waals surface area contributed by atoms with Crippen LogP contribution in [0.15, 0.2) is 0 Å². The van der Waals surface area contributed by atoms with Gasteiger partial charge >= 0.3 is 30.9 Å². The van der Waals surface area contributed by atoms with Crippen molar-refractivity contribution in [2.24, 2.45) is 5.92 Å². The Morgan fingerprint density at radius 3 is 2.43 bits per heavy atom. The Morgan fingerprint density at radius 1 is 1.57 bits per heavy atom. The van der Waals surface area contributed by atoms with Crippen LogP contribution in [0.5, 0.6) is 0 Å². The molecule has 0 spiro atoms. The number of carbonyl (C=O) groups is 2. The number of methoxy groups -OCH3 is 1. The molecule has 1 atom stereocenters. The first kappa shape index (κ1) is 13.3. The molecule has 0 aromatic carbocycles. The van der Waals surface area contributed by atoms with Crippen molar-refractivity contribution in [2.45, 2.75) is 6.04 Å². The Balaban J connectivity index is 0.00000169. The summed E-state index contributed by atoms with van der Waals surface area (Å²) in [6, 6.07) is -0.916. The van der Waals surface area contributed by atoms with Crippen LogP contribution in [0.25, 0.3) is 0 Å². The molecule has 76 valence electrons. The fraction of sp³-hybridized carbons (Fsp3) is 0.714. The van der Waals surface area contributed by atoms with E-state index in [-0.39, 0.29) is 24.8 Å². The van der Waals surface area contributed by atoms with E-state index in [1.54, 1.807) is 0 Å². The molecule has 0 bridgehead atoms. The third-order valence-corrected chi connectivity index (χ3v) is 1.86. The van der Waals surface area contributed by atoms with Gasteiger partial charge < -0.3 is 19.9 Å². The fourth-order valence-corrected chi connectivity index (χ4v) is 1.01. The number of hydrogen-bond acceptors (Lipinski definition) is 4. The molecule has 1 fully saturated rings. The summed E-state index contributed by atoms with van der Waals surface area (Å²) in [6.07, 6.45) is -0.737. The van der Waals surface area contributed by atoms with Gasteiger partial charge in [0, 0.05) is 5.92 Å². The van der Waals surface area contributed by atoms with Gasteiger partial charge in [0.05, 0.1) is 20.3 Å². The average Bonchev–Trinajstić information content (AvgIpc) is 1.99. The van der Waals surface area contributed by atoms with E-state index in [2.05, 4.69) is 10.1 Å². The molecule has 0 aromatic rings. The van der Waals surface area contributed by atoms with E-state index < -0.39 is 18.1 Å². The van der Waals surface area contributed by atoms with Gasteiger partial charge in [-0.2, -0.15) is 0 Å². The molecule has 0 aliphatic carbocycles. The topological polar surface area (TPSA) is 84.9 Å². The molecule has 14 heavy (non-hydrogen) atoms. The van der Waals surface area contributed by atoms with Crippen molar-refractivity contribution in [3.63, 3.8) is 0 Å². The number of carbonyl (C=O) groups excluding carboxylic acids is 1. The van der Waals surface area contributed by atoms with Crippen molar-refractivity contribution in [2.75, 3.05) is 20.3 Å². The van der Waals surface area contributed by atoms with Gasteiger partial charge in [0.15, 0.2) is 0 Å². The van der Waals surface area contributed by atoms with Crippen LogP contribution in [0, 0.1) is 5.92 Å². The molecule has 1 heterocycles. The van der Waals surface area contributed by atoms with Gasteiger partial charge in [0.2, 0.25) is 0 Å². The van der Waals surface area contributed by atoms with Gasteiger partial charge in [-0.05, 0) is 0 Å².